The summed E-state index contributed by atoms with van der Waals surface area (Å²) in [6.07, 6.45) is 1.14. The first-order valence-electron chi connectivity index (χ1n) is 5.18. The van der Waals surface area contributed by atoms with Gasteiger partial charge in [0.05, 0.1) is 0 Å². The van der Waals surface area contributed by atoms with E-state index in [2.05, 4.69) is 18.3 Å². The summed E-state index contributed by atoms with van der Waals surface area (Å²) < 4.78 is 14.0. The second-order valence-electron chi connectivity index (χ2n) is 3.57. The Balaban J connectivity index is 2.16. The van der Waals surface area contributed by atoms with E-state index in [1.807, 2.05) is 6.07 Å². The minimum atomic E-state index is -0.155. The first kappa shape index (κ1) is 10.6. The molecule has 2 aromatic rings. The van der Waals surface area contributed by atoms with Crippen molar-refractivity contribution in [3.05, 3.63) is 35.0 Å². The molecule has 0 aliphatic heterocycles. The van der Waals surface area contributed by atoms with Gasteiger partial charge in [-0.3, -0.25) is 0 Å². The molecule has 0 aliphatic carbocycles. The topological polar surface area (TPSA) is 12.0 Å². The molecule has 1 N–H and O–H groups in total. The molecule has 0 unspecified atom stereocenters. The average molecular weight is 223 g/mol. The Kier molecular flexibility index (Phi) is 3.34. The molecular weight excluding hydrogens is 209 g/mol. The van der Waals surface area contributed by atoms with Crippen LogP contribution in [0.1, 0.15) is 18.2 Å². The number of nitrogens with one attached hydrogen (secondary N) is 1. The van der Waals surface area contributed by atoms with Gasteiger partial charge in [-0.15, -0.1) is 11.3 Å². The number of fused-ring (bicyclic) bond motifs is 1. The third kappa shape index (κ3) is 2.55. The van der Waals surface area contributed by atoms with Gasteiger partial charge >= 0.3 is 0 Å². The van der Waals surface area contributed by atoms with Crippen LogP contribution in [0, 0.1) is 5.82 Å². The van der Waals surface area contributed by atoms with Crippen LogP contribution in [0.2, 0.25) is 0 Å². The average Bonchev–Trinajstić information content (AvgIpc) is 2.60. The van der Waals surface area contributed by atoms with Crippen LogP contribution >= 0.6 is 11.3 Å². The molecule has 0 fully saturated rings. The Bertz CT molecular complexity index is 450. The molecule has 1 heterocycles. The normalized spacial score (nSPS) is 11.1. The largest absolute Gasteiger partial charge is 0.312 e. The first-order valence-corrected chi connectivity index (χ1v) is 6.00. The fraction of sp³-hybridized carbons (Fsp3) is 0.333. The van der Waals surface area contributed by atoms with Crippen LogP contribution in [0.5, 0.6) is 0 Å². The molecule has 15 heavy (non-hydrogen) atoms. The zero-order valence-corrected chi connectivity index (χ0v) is 9.53. The van der Waals surface area contributed by atoms with Gasteiger partial charge < -0.3 is 5.32 Å². The Hall–Kier alpha value is -0.930. The van der Waals surface area contributed by atoms with E-state index >= 15 is 0 Å². The van der Waals surface area contributed by atoms with Crippen molar-refractivity contribution in [3.63, 3.8) is 0 Å². The molecule has 0 atom stereocenters. The third-order valence-electron chi connectivity index (χ3n) is 2.26. The molecule has 1 aromatic heterocycles. The quantitative estimate of drug-likeness (QED) is 0.782. The predicted molar refractivity (Wildman–Crippen MR) is 63.8 cm³/mol. The van der Waals surface area contributed by atoms with E-state index in [9.17, 15) is 4.39 Å². The minimum absolute atomic E-state index is 0.155. The zero-order chi connectivity index (χ0) is 10.7. The summed E-state index contributed by atoms with van der Waals surface area (Å²) in [6, 6.07) is 7.08. The van der Waals surface area contributed by atoms with Gasteiger partial charge in [-0.2, -0.15) is 0 Å². The van der Waals surface area contributed by atoms with Crippen LogP contribution in [0.25, 0.3) is 10.1 Å². The summed E-state index contributed by atoms with van der Waals surface area (Å²) in [5.74, 6) is -0.155. The molecule has 1 nitrogen and oxygen atoms in total. The van der Waals surface area contributed by atoms with Crippen LogP contribution in [0.4, 0.5) is 4.39 Å². The standard InChI is InChI=1S/C12H14FNS/c1-2-5-14-8-11-6-9-3-4-10(13)7-12(9)15-11/h3-4,6-7,14H,2,5,8H2,1H3. The monoisotopic (exact) mass is 223 g/mol. The van der Waals surface area contributed by atoms with Gasteiger partial charge in [-0.25, -0.2) is 4.39 Å². The van der Waals surface area contributed by atoms with Crippen LogP contribution in [-0.4, -0.2) is 6.54 Å². The Labute approximate surface area is 92.9 Å². The summed E-state index contributed by atoms with van der Waals surface area (Å²) in [5.41, 5.74) is 0. The van der Waals surface area contributed by atoms with Gasteiger partial charge in [0.1, 0.15) is 5.82 Å². The molecule has 1 aromatic carbocycles. The van der Waals surface area contributed by atoms with Crippen molar-refractivity contribution in [3.8, 4) is 0 Å². The van der Waals surface area contributed by atoms with Crippen molar-refractivity contribution in [1.29, 1.82) is 0 Å². The minimum Gasteiger partial charge on any atom is -0.312 e. The molecule has 0 saturated carbocycles. The summed E-state index contributed by atoms with van der Waals surface area (Å²) in [7, 11) is 0. The van der Waals surface area contributed by atoms with Crippen molar-refractivity contribution in [2.75, 3.05) is 6.54 Å². The molecular formula is C12H14FNS. The van der Waals surface area contributed by atoms with Crippen LogP contribution in [-0.2, 0) is 6.54 Å². The summed E-state index contributed by atoms with van der Waals surface area (Å²) >= 11 is 1.66. The van der Waals surface area contributed by atoms with Gasteiger partial charge in [0.25, 0.3) is 0 Å². The molecule has 0 saturated heterocycles. The second-order valence-corrected chi connectivity index (χ2v) is 4.74. The third-order valence-corrected chi connectivity index (χ3v) is 3.36. The smallest absolute Gasteiger partial charge is 0.124 e. The second kappa shape index (κ2) is 4.73. The maximum atomic E-state index is 12.9. The van der Waals surface area contributed by atoms with E-state index in [0.717, 1.165) is 29.6 Å². The number of thiophene rings is 1. The lowest BCUT2D eigenvalue weighted by atomic mass is 10.2. The molecule has 3 heteroatoms. The maximum Gasteiger partial charge on any atom is 0.124 e. The van der Waals surface area contributed by atoms with Crippen molar-refractivity contribution >= 4 is 21.4 Å². The fourth-order valence-electron chi connectivity index (χ4n) is 1.54. The first-order chi connectivity index (χ1) is 7.29. The van der Waals surface area contributed by atoms with Crippen LogP contribution in [0.15, 0.2) is 24.3 Å². The number of halogens is 1. The SMILES string of the molecule is CCCNCc1cc2ccc(F)cc2s1. The lowest BCUT2D eigenvalue weighted by Crippen LogP contribution is -2.12. The van der Waals surface area contributed by atoms with E-state index in [4.69, 9.17) is 0 Å². The molecule has 0 aliphatic rings. The number of benzene rings is 1. The van der Waals surface area contributed by atoms with E-state index in [1.165, 1.54) is 10.9 Å². The van der Waals surface area contributed by atoms with Crippen molar-refractivity contribution in [1.82, 2.24) is 5.32 Å². The zero-order valence-electron chi connectivity index (χ0n) is 8.72. The molecule has 2 rings (SSSR count). The van der Waals surface area contributed by atoms with E-state index in [-0.39, 0.29) is 5.82 Å². The number of rotatable bonds is 4. The Morgan fingerprint density at radius 1 is 1.33 bits per heavy atom. The van der Waals surface area contributed by atoms with E-state index in [0.29, 0.717) is 0 Å². The molecule has 0 bridgehead atoms. The van der Waals surface area contributed by atoms with Crippen LogP contribution < -0.4 is 5.32 Å². The van der Waals surface area contributed by atoms with E-state index < -0.39 is 0 Å². The Morgan fingerprint density at radius 2 is 2.20 bits per heavy atom. The van der Waals surface area contributed by atoms with Gasteiger partial charge in [-0.05, 0) is 36.6 Å². The highest BCUT2D eigenvalue weighted by Gasteiger charge is 2.02. The fourth-order valence-corrected chi connectivity index (χ4v) is 2.59. The highest BCUT2D eigenvalue weighted by atomic mass is 32.1. The van der Waals surface area contributed by atoms with Gasteiger partial charge in [0.15, 0.2) is 0 Å². The highest BCUT2D eigenvalue weighted by molar-refractivity contribution is 7.19. The summed E-state index contributed by atoms with van der Waals surface area (Å²) in [6.45, 7) is 4.06. The van der Waals surface area contributed by atoms with E-state index in [1.54, 1.807) is 17.4 Å². The van der Waals surface area contributed by atoms with Crippen molar-refractivity contribution < 1.29 is 4.39 Å². The van der Waals surface area contributed by atoms with Crippen LogP contribution in [0.3, 0.4) is 0 Å². The lowest BCUT2D eigenvalue weighted by molar-refractivity contribution is 0.630. The van der Waals surface area contributed by atoms with Crippen molar-refractivity contribution in [2.24, 2.45) is 0 Å². The van der Waals surface area contributed by atoms with Crippen molar-refractivity contribution in [2.45, 2.75) is 19.9 Å². The number of hydrogen-bond donors (Lipinski definition) is 1. The highest BCUT2D eigenvalue weighted by Crippen LogP contribution is 2.26. The van der Waals surface area contributed by atoms with Gasteiger partial charge in [0.2, 0.25) is 0 Å². The molecule has 0 amide bonds. The van der Waals surface area contributed by atoms with Gasteiger partial charge in [0, 0.05) is 16.1 Å². The summed E-state index contributed by atoms with van der Waals surface area (Å²) in [5, 5.41) is 4.48. The number of hydrogen-bond acceptors (Lipinski definition) is 2. The van der Waals surface area contributed by atoms with Gasteiger partial charge in [-0.1, -0.05) is 13.0 Å². The molecule has 80 valence electrons. The predicted octanol–water partition coefficient (Wildman–Crippen LogP) is 3.54. The Morgan fingerprint density at radius 3 is 3.00 bits per heavy atom. The molecule has 0 radical (unpaired) electrons. The molecule has 0 spiro atoms. The summed E-state index contributed by atoms with van der Waals surface area (Å²) in [4.78, 5) is 1.27. The lowest BCUT2D eigenvalue weighted by Gasteiger charge is -1.97. The maximum absolute atomic E-state index is 12.9.